The third-order valence-electron chi connectivity index (χ3n) is 2.88. The Labute approximate surface area is 103 Å². The monoisotopic (exact) mass is 236 g/mol. The molecule has 0 atom stereocenters. The topological polar surface area (TPSA) is 27.7 Å². The van der Waals surface area contributed by atoms with Crippen LogP contribution >= 0.6 is 0 Å². The number of benzene rings is 1. The quantitative estimate of drug-likeness (QED) is 0.803. The number of hydrogen-bond acceptors (Lipinski definition) is 3. The molecule has 0 saturated carbocycles. The molecule has 1 heterocycles. The summed E-state index contributed by atoms with van der Waals surface area (Å²) in [6.07, 6.45) is -0.268. The molecule has 3 heteroatoms. The van der Waals surface area contributed by atoms with Crippen molar-refractivity contribution in [1.29, 1.82) is 0 Å². The number of rotatable bonds is 4. The first kappa shape index (κ1) is 12.4. The van der Waals surface area contributed by atoms with Gasteiger partial charge in [0.25, 0.3) is 0 Å². The summed E-state index contributed by atoms with van der Waals surface area (Å²) in [5.74, 6) is 1.36. The molecule has 1 aliphatic rings. The molecule has 0 amide bonds. The lowest BCUT2D eigenvalue weighted by atomic mass is 10.00. The van der Waals surface area contributed by atoms with Crippen molar-refractivity contribution < 1.29 is 14.2 Å². The van der Waals surface area contributed by atoms with Crippen LogP contribution < -0.4 is 4.74 Å². The Balaban J connectivity index is 2.32. The van der Waals surface area contributed by atoms with Crippen molar-refractivity contribution in [3.8, 4) is 5.75 Å². The lowest BCUT2D eigenvalue weighted by Crippen LogP contribution is -2.04. The average Bonchev–Trinajstić information content (AvgIpc) is 2.83. The van der Waals surface area contributed by atoms with Gasteiger partial charge < -0.3 is 14.2 Å². The zero-order valence-corrected chi connectivity index (χ0v) is 10.7. The van der Waals surface area contributed by atoms with Gasteiger partial charge in [-0.15, -0.1) is 0 Å². The largest absolute Gasteiger partial charge is 0.493 e. The van der Waals surface area contributed by atoms with E-state index >= 15 is 0 Å². The van der Waals surface area contributed by atoms with E-state index in [-0.39, 0.29) is 6.29 Å². The molecule has 2 rings (SSSR count). The van der Waals surface area contributed by atoms with Crippen LogP contribution in [0.5, 0.6) is 5.75 Å². The van der Waals surface area contributed by atoms with Gasteiger partial charge in [0.15, 0.2) is 6.29 Å². The van der Waals surface area contributed by atoms with E-state index in [2.05, 4.69) is 26.0 Å². The van der Waals surface area contributed by atoms with Gasteiger partial charge in [-0.05, 0) is 30.5 Å². The van der Waals surface area contributed by atoms with Crippen molar-refractivity contribution in [3.63, 3.8) is 0 Å². The highest BCUT2D eigenvalue weighted by atomic mass is 16.7. The van der Waals surface area contributed by atoms with Crippen LogP contribution in [0.1, 0.15) is 44.1 Å². The second-order valence-corrected chi connectivity index (χ2v) is 4.46. The van der Waals surface area contributed by atoms with Crippen molar-refractivity contribution in [2.45, 2.75) is 33.0 Å². The molecule has 0 unspecified atom stereocenters. The summed E-state index contributed by atoms with van der Waals surface area (Å²) < 4.78 is 16.7. The molecule has 0 bridgehead atoms. The molecule has 1 aromatic carbocycles. The Hall–Kier alpha value is -1.06. The highest BCUT2D eigenvalue weighted by Gasteiger charge is 2.22. The molecule has 0 N–H and O–H groups in total. The molecule has 94 valence electrons. The van der Waals surface area contributed by atoms with Gasteiger partial charge in [-0.2, -0.15) is 0 Å². The van der Waals surface area contributed by atoms with E-state index in [4.69, 9.17) is 14.2 Å². The second kappa shape index (κ2) is 5.52. The SMILES string of the molecule is CCOc1ccc(C(C)C)cc1C1OCCO1. The fourth-order valence-electron chi connectivity index (χ4n) is 1.94. The van der Waals surface area contributed by atoms with Crippen LogP contribution in [0.3, 0.4) is 0 Å². The first-order chi connectivity index (χ1) is 8.22. The summed E-state index contributed by atoms with van der Waals surface area (Å²) in [5, 5.41) is 0. The van der Waals surface area contributed by atoms with Crippen LogP contribution in [0, 0.1) is 0 Å². The number of ether oxygens (including phenoxy) is 3. The van der Waals surface area contributed by atoms with Crippen LogP contribution in [0.4, 0.5) is 0 Å². The molecular weight excluding hydrogens is 216 g/mol. The molecule has 0 radical (unpaired) electrons. The first-order valence-electron chi connectivity index (χ1n) is 6.22. The molecular formula is C14H20O3. The predicted molar refractivity (Wildman–Crippen MR) is 66.3 cm³/mol. The van der Waals surface area contributed by atoms with Gasteiger partial charge in [0.1, 0.15) is 5.75 Å². The number of hydrogen-bond donors (Lipinski definition) is 0. The van der Waals surface area contributed by atoms with Crippen molar-refractivity contribution in [2.24, 2.45) is 0 Å². The first-order valence-corrected chi connectivity index (χ1v) is 6.22. The summed E-state index contributed by atoms with van der Waals surface area (Å²) in [5.41, 5.74) is 2.29. The smallest absolute Gasteiger partial charge is 0.187 e. The molecule has 3 nitrogen and oxygen atoms in total. The molecule has 1 fully saturated rings. The van der Waals surface area contributed by atoms with Crippen LogP contribution in [0.25, 0.3) is 0 Å². The lowest BCUT2D eigenvalue weighted by Gasteiger charge is -2.17. The standard InChI is InChI=1S/C14H20O3/c1-4-15-13-6-5-11(10(2)3)9-12(13)14-16-7-8-17-14/h5-6,9-10,14H,4,7-8H2,1-3H3. The Kier molecular flexibility index (Phi) is 4.02. The van der Waals surface area contributed by atoms with Gasteiger partial charge in [-0.3, -0.25) is 0 Å². The molecule has 1 saturated heterocycles. The van der Waals surface area contributed by atoms with Gasteiger partial charge >= 0.3 is 0 Å². The van der Waals surface area contributed by atoms with Crippen LogP contribution in [-0.2, 0) is 9.47 Å². The summed E-state index contributed by atoms with van der Waals surface area (Å²) in [7, 11) is 0. The minimum atomic E-state index is -0.268. The van der Waals surface area contributed by atoms with E-state index in [1.54, 1.807) is 0 Å². The Morgan fingerprint density at radius 3 is 2.59 bits per heavy atom. The molecule has 17 heavy (non-hydrogen) atoms. The minimum Gasteiger partial charge on any atom is -0.493 e. The lowest BCUT2D eigenvalue weighted by molar-refractivity contribution is -0.0457. The fourth-order valence-corrected chi connectivity index (χ4v) is 1.94. The summed E-state index contributed by atoms with van der Waals surface area (Å²) in [6, 6.07) is 6.25. The third kappa shape index (κ3) is 2.79. The van der Waals surface area contributed by atoms with E-state index in [1.807, 2.05) is 13.0 Å². The van der Waals surface area contributed by atoms with E-state index < -0.39 is 0 Å². The summed E-state index contributed by atoms with van der Waals surface area (Å²) >= 11 is 0. The van der Waals surface area contributed by atoms with E-state index in [9.17, 15) is 0 Å². The fraction of sp³-hybridized carbons (Fsp3) is 0.571. The second-order valence-electron chi connectivity index (χ2n) is 4.46. The Bertz CT molecular complexity index is 368. The molecule has 0 aromatic heterocycles. The zero-order chi connectivity index (χ0) is 12.3. The van der Waals surface area contributed by atoms with Crippen molar-refractivity contribution in [1.82, 2.24) is 0 Å². The average molecular weight is 236 g/mol. The van der Waals surface area contributed by atoms with Crippen LogP contribution in [0.15, 0.2) is 18.2 Å². The Morgan fingerprint density at radius 1 is 1.29 bits per heavy atom. The minimum absolute atomic E-state index is 0.268. The third-order valence-corrected chi connectivity index (χ3v) is 2.88. The Morgan fingerprint density at radius 2 is 2.00 bits per heavy atom. The summed E-state index contributed by atoms with van der Waals surface area (Å²) in [6.45, 7) is 8.30. The van der Waals surface area contributed by atoms with Crippen molar-refractivity contribution in [2.75, 3.05) is 19.8 Å². The maximum Gasteiger partial charge on any atom is 0.187 e. The highest BCUT2D eigenvalue weighted by molar-refractivity contribution is 5.39. The predicted octanol–water partition coefficient (Wildman–Crippen LogP) is 3.25. The van der Waals surface area contributed by atoms with E-state index in [0.29, 0.717) is 25.7 Å². The van der Waals surface area contributed by atoms with Gasteiger partial charge in [0.05, 0.1) is 25.4 Å². The molecule has 0 spiro atoms. The molecule has 1 aromatic rings. The molecule has 0 aliphatic carbocycles. The summed E-state index contributed by atoms with van der Waals surface area (Å²) in [4.78, 5) is 0. The van der Waals surface area contributed by atoms with Crippen LogP contribution in [0.2, 0.25) is 0 Å². The molecule has 1 aliphatic heterocycles. The van der Waals surface area contributed by atoms with Crippen molar-refractivity contribution in [3.05, 3.63) is 29.3 Å². The highest BCUT2D eigenvalue weighted by Crippen LogP contribution is 2.33. The maximum absolute atomic E-state index is 5.62. The van der Waals surface area contributed by atoms with Gasteiger partial charge in [0, 0.05) is 0 Å². The van der Waals surface area contributed by atoms with E-state index in [1.165, 1.54) is 5.56 Å². The zero-order valence-electron chi connectivity index (χ0n) is 10.7. The van der Waals surface area contributed by atoms with Crippen LogP contribution in [-0.4, -0.2) is 19.8 Å². The van der Waals surface area contributed by atoms with Gasteiger partial charge in [-0.1, -0.05) is 19.9 Å². The van der Waals surface area contributed by atoms with E-state index in [0.717, 1.165) is 11.3 Å². The van der Waals surface area contributed by atoms with Gasteiger partial charge in [-0.25, -0.2) is 0 Å². The van der Waals surface area contributed by atoms with Crippen molar-refractivity contribution >= 4 is 0 Å². The maximum atomic E-state index is 5.62. The van der Waals surface area contributed by atoms with Gasteiger partial charge in [0.2, 0.25) is 0 Å². The normalized spacial score (nSPS) is 16.7.